The number of aliphatic hydroxyl groups excluding tert-OH is 1. The van der Waals surface area contributed by atoms with Crippen molar-refractivity contribution in [1.82, 2.24) is 9.97 Å². The summed E-state index contributed by atoms with van der Waals surface area (Å²) in [6.07, 6.45) is -0.180. The van der Waals surface area contributed by atoms with Crippen LogP contribution in [0.2, 0.25) is 0 Å². The number of fused-ring (bicyclic) bond motifs is 1. The zero-order valence-electron chi connectivity index (χ0n) is 10.6. The normalized spacial score (nSPS) is 24.0. The van der Waals surface area contributed by atoms with E-state index >= 15 is 0 Å². The zero-order chi connectivity index (χ0) is 13.4. The fourth-order valence-corrected chi connectivity index (χ4v) is 3.06. The maximum absolute atomic E-state index is 9.26. The largest absolute Gasteiger partial charge is 0.394 e. The first kappa shape index (κ1) is 12.6. The number of anilines is 2. The summed E-state index contributed by atoms with van der Waals surface area (Å²) in [6, 6.07) is 2.20. The Hall–Kier alpha value is -1.44. The van der Waals surface area contributed by atoms with Crippen molar-refractivity contribution in [2.75, 3.05) is 30.4 Å². The smallest absolute Gasteiger partial charge is 0.223 e. The van der Waals surface area contributed by atoms with Gasteiger partial charge in [0.1, 0.15) is 10.6 Å². The molecule has 0 amide bonds. The SMILES string of the molecule is CC1COC(CO)CN1c1nc(N)nc2sccc12. The number of hydrogen-bond acceptors (Lipinski definition) is 7. The van der Waals surface area contributed by atoms with E-state index in [1.807, 2.05) is 11.4 Å². The van der Waals surface area contributed by atoms with Crippen molar-refractivity contribution >= 4 is 33.3 Å². The number of hydrogen-bond donors (Lipinski definition) is 2. The molecule has 0 bridgehead atoms. The van der Waals surface area contributed by atoms with Gasteiger partial charge in [0.05, 0.1) is 30.7 Å². The van der Waals surface area contributed by atoms with Crippen molar-refractivity contribution in [3.63, 3.8) is 0 Å². The predicted octanol–water partition coefficient (Wildman–Crippen LogP) is 0.859. The van der Waals surface area contributed by atoms with Crippen LogP contribution >= 0.6 is 11.3 Å². The van der Waals surface area contributed by atoms with Crippen molar-refractivity contribution in [2.24, 2.45) is 0 Å². The molecule has 2 atom stereocenters. The van der Waals surface area contributed by atoms with E-state index in [-0.39, 0.29) is 24.7 Å². The van der Waals surface area contributed by atoms with Gasteiger partial charge in [0.2, 0.25) is 5.95 Å². The maximum Gasteiger partial charge on any atom is 0.223 e. The van der Waals surface area contributed by atoms with E-state index in [0.717, 1.165) is 16.0 Å². The van der Waals surface area contributed by atoms with Crippen LogP contribution in [-0.4, -0.2) is 47.0 Å². The Morgan fingerprint density at radius 3 is 3.21 bits per heavy atom. The second-order valence-electron chi connectivity index (χ2n) is 4.68. The predicted molar refractivity (Wildman–Crippen MR) is 75.5 cm³/mol. The Kier molecular flexibility index (Phi) is 3.26. The van der Waals surface area contributed by atoms with Crippen LogP contribution in [0.4, 0.5) is 11.8 Å². The first-order chi connectivity index (χ1) is 9.19. The Morgan fingerprint density at radius 2 is 2.42 bits per heavy atom. The van der Waals surface area contributed by atoms with Crippen molar-refractivity contribution in [3.8, 4) is 0 Å². The summed E-state index contributed by atoms with van der Waals surface area (Å²) in [5.41, 5.74) is 5.78. The van der Waals surface area contributed by atoms with Gasteiger partial charge in [-0.05, 0) is 18.4 Å². The van der Waals surface area contributed by atoms with Crippen LogP contribution in [0, 0.1) is 0 Å². The van der Waals surface area contributed by atoms with Gasteiger partial charge in [0.25, 0.3) is 0 Å². The van der Waals surface area contributed by atoms with Crippen molar-refractivity contribution < 1.29 is 9.84 Å². The van der Waals surface area contributed by atoms with Crippen molar-refractivity contribution in [1.29, 1.82) is 0 Å². The summed E-state index contributed by atoms with van der Waals surface area (Å²) in [6.45, 7) is 3.26. The molecular weight excluding hydrogens is 264 g/mol. The number of aliphatic hydroxyl groups is 1. The molecule has 2 unspecified atom stereocenters. The van der Waals surface area contributed by atoms with Crippen LogP contribution in [0.3, 0.4) is 0 Å². The third-order valence-electron chi connectivity index (χ3n) is 3.30. The molecule has 2 aromatic heterocycles. The Bertz CT molecular complexity index is 588. The number of aromatic nitrogens is 2. The van der Waals surface area contributed by atoms with Crippen LogP contribution < -0.4 is 10.6 Å². The lowest BCUT2D eigenvalue weighted by Gasteiger charge is -2.38. The van der Waals surface area contributed by atoms with E-state index < -0.39 is 0 Å². The number of morpholine rings is 1. The molecule has 2 aromatic rings. The second-order valence-corrected chi connectivity index (χ2v) is 5.58. The molecule has 3 N–H and O–H groups in total. The number of ether oxygens (including phenoxy) is 1. The lowest BCUT2D eigenvalue weighted by molar-refractivity contribution is -0.0104. The molecule has 0 aliphatic carbocycles. The molecule has 19 heavy (non-hydrogen) atoms. The minimum atomic E-state index is -0.180. The monoisotopic (exact) mass is 280 g/mol. The molecule has 3 rings (SSSR count). The fraction of sp³-hybridized carbons (Fsp3) is 0.500. The quantitative estimate of drug-likeness (QED) is 0.848. The van der Waals surface area contributed by atoms with Crippen LogP contribution in [0.15, 0.2) is 11.4 Å². The summed E-state index contributed by atoms with van der Waals surface area (Å²) in [5, 5.41) is 12.3. The average molecular weight is 280 g/mol. The molecule has 0 radical (unpaired) electrons. The molecule has 0 spiro atoms. The minimum absolute atomic E-state index is 0.0105. The highest BCUT2D eigenvalue weighted by molar-refractivity contribution is 7.16. The van der Waals surface area contributed by atoms with Gasteiger partial charge in [-0.15, -0.1) is 11.3 Å². The van der Waals surface area contributed by atoms with E-state index in [9.17, 15) is 5.11 Å². The van der Waals surface area contributed by atoms with Gasteiger partial charge in [-0.2, -0.15) is 4.98 Å². The summed E-state index contributed by atoms with van der Waals surface area (Å²) >= 11 is 1.55. The van der Waals surface area contributed by atoms with Crippen LogP contribution in [0.5, 0.6) is 0 Å². The van der Waals surface area contributed by atoms with E-state index in [1.54, 1.807) is 11.3 Å². The summed E-state index contributed by atoms with van der Waals surface area (Å²) in [7, 11) is 0. The average Bonchev–Trinajstić information content (AvgIpc) is 2.86. The first-order valence-electron chi connectivity index (χ1n) is 6.19. The van der Waals surface area contributed by atoms with Gasteiger partial charge in [-0.25, -0.2) is 4.98 Å². The molecule has 0 saturated carbocycles. The van der Waals surface area contributed by atoms with Crippen LogP contribution in [-0.2, 0) is 4.74 Å². The lowest BCUT2D eigenvalue weighted by Crippen LogP contribution is -2.50. The van der Waals surface area contributed by atoms with Gasteiger partial charge in [-0.1, -0.05) is 0 Å². The molecule has 6 nitrogen and oxygen atoms in total. The Balaban J connectivity index is 2.04. The molecule has 102 valence electrons. The highest BCUT2D eigenvalue weighted by Crippen LogP contribution is 2.31. The Morgan fingerprint density at radius 1 is 1.58 bits per heavy atom. The minimum Gasteiger partial charge on any atom is -0.394 e. The molecule has 1 saturated heterocycles. The number of thiophene rings is 1. The van der Waals surface area contributed by atoms with Gasteiger partial charge in [-0.3, -0.25) is 0 Å². The molecule has 1 fully saturated rings. The van der Waals surface area contributed by atoms with Gasteiger partial charge in [0, 0.05) is 6.54 Å². The van der Waals surface area contributed by atoms with E-state index in [0.29, 0.717) is 13.2 Å². The maximum atomic E-state index is 9.26. The fourth-order valence-electron chi connectivity index (χ4n) is 2.30. The summed E-state index contributed by atoms with van der Waals surface area (Å²) < 4.78 is 5.55. The first-order valence-corrected chi connectivity index (χ1v) is 7.07. The van der Waals surface area contributed by atoms with Crippen LogP contribution in [0.1, 0.15) is 6.92 Å². The summed E-state index contributed by atoms with van der Waals surface area (Å²) in [5.74, 6) is 1.11. The van der Waals surface area contributed by atoms with Crippen molar-refractivity contribution in [2.45, 2.75) is 19.1 Å². The molecule has 1 aliphatic rings. The lowest BCUT2D eigenvalue weighted by atomic mass is 10.2. The van der Waals surface area contributed by atoms with E-state index in [2.05, 4.69) is 21.8 Å². The number of nitrogens with zero attached hydrogens (tertiary/aromatic N) is 3. The molecule has 0 aromatic carbocycles. The zero-order valence-corrected chi connectivity index (χ0v) is 11.4. The third-order valence-corrected chi connectivity index (χ3v) is 4.11. The second kappa shape index (κ2) is 4.92. The molecular formula is C12H16N4O2S. The molecule has 1 aliphatic heterocycles. The standard InChI is InChI=1S/C12H16N4O2S/c1-7-6-18-8(5-17)4-16(7)10-9-2-3-19-11(9)15-12(13)14-10/h2-3,7-8,17H,4-6H2,1H3,(H2,13,14,15). The topological polar surface area (TPSA) is 84.5 Å². The number of rotatable bonds is 2. The van der Waals surface area contributed by atoms with Gasteiger partial charge in [0.15, 0.2) is 0 Å². The van der Waals surface area contributed by atoms with Gasteiger partial charge < -0.3 is 20.5 Å². The number of nitrogen functional groups attached to an aromatic ring is 1. The molecule has 3 heterocycles. The highest BCUT2D eigenvalue weighted by atomic mass is 32.1. The van der Waals surface area contributed by atoms with Crippen LogP contribution in [0.25, 0.3) is 10.2 Å². The molecule has 7 heteroatoms. The Labute approximate surface area is 114 Å². The number of nitrogens with two attached hydrogens (primary N) is 1. The van der Waals surface area contributed by atoms with Gasteiger partial charge >= 0.3 is 0 Å². The summed E-state index contributed by atoms with van der Waals surface area (Å²) in [4.78, 5) is 11.6. The highest BCUT2D eigenvalue weighted by Gasteiger charge is 2.28. The van der Waals surface area contributed by atoms with Crippen molar-refractivity contribution in [3.05, 3.63) is 11.4 Å². The van der Waals surface area contributed by atoms with E-state index in [1.165, 1.54) is 0 Å². The third kappa shape index (κ3) is 2.24. The van der Waals surface area contributed by atoms with E-state index in [4.69, 9.17) is 10.5 Å².